The van der Waals surface area contributed by atoms with Gasteiger partial charge in [-0.2, -0.15) is 0 Å². The first kappa shape index (κ1) is 32.3. The predicted molar refractivity (Wildman–Crippen MR) is 156 cm³/mol. The number of carbonyl (C=O) groups excluding carboxylic acids is 2. The van der Waals surface area contributed by atoms with Crippen LogP contribution < -0.4 is 0 Å². The van der Waals surface area contributed by atoms with Gasteiger partial charge in [0.1, 0.15) is 0 Å². The third kappa shape index (κ3) is 19.5. The third-order valence-corrected chi connectivity index (χ3v) is 6.80. The molecular weight excluding hydrogens is 512 g/mol. The van der Waals surface area contributed by atoms with Crippen molar-refractivity contribution < 1.29 is 14.3 Å². The molecule has 0 atom stereocenters. The number of allylic oxidation sites excluding steroid dienone is 4. The summed E-state index contributed by atoms with van der Waals surface area (Å²) in [5.41, 5.74) is 0.552. The maximum Gasteiger partial charge on any atom is 0.306 e. The topological polar surface area (TPSA) is 43.4 Å². The zero-order valence-electron chi connectivity index (χ0n) is 22.8. The average Bonchev–Trinajstić information content (AvgIpc) is 2.86. The van der Waals surface area contributed by atoms with Gasteiger partial charge in [-0.25, -0.2) is 0 Å². The number of hydrogen-bond acceptors (Lipinski definition) is 3. The van der Waals surface area contributed by atoms with Gasteiger partial charge in [0.15, 0.2) is 12.4 Å². The Morgan fingerprint density at radius 3 is 1.81 bits per heavy atom. The van der Waals surface area contributed by atoms with E-state index < -0.39 is 0 Å². The molecule has 0 saturated carbocycles. The Morgan fingerprint density at radius 2 is 1.22 bits per heavy atom. The van der Waals surface area contributed by atoms with Crippen molar-refractivity contribution in [1.82, 2.24) is 0 Å². The van der Waals surface area contributed by atoms with E-state index in [4.69, 9.17) is 4.74 Å². The Labute approximate surface area is 229 Å². The first-order chi connectivity index (χ1) is 17.5. The summed E-state index contributed by atoms with van der Waals surface area (Å²) in [5, 5.41) is 0. The number of unbranched alkanes of at least 4 members (excludes halogenated alkanes) is 11. The van der Waals surface area contributed by atoms with Crippen LogP contribution in [-0.4, -0.2) is 18.4 Å². The zero-order chi connectivity index (χ0) is 26.3. The Bertz CT molecular complexity index is 749. The highest BCUT2D eigenvalue weighted by Gasteiger charge is 2.09. The van der Waals surface area contributed by atoms with E-state index in [2.05, 4.69) is 54.1 Å². The Hall–Kier alpha value is -1.68. The van der Waals surface area contributed by atoms with Gasteiger partial charge in [-0.15, -0.1) is 0 Å². The van der Waals surface area contributed by atoms with Crippen molar-refractivity contribution in [3.05, 3.63) is 58.6 Å². The summed E-state index contributed by atoms with van der Waals surface area (Å²) < 4.78 is 6.01. The molecule has 0 amide bonds. The normalized spacial score (nSPS) is 11.7. The van der Waals surface area contributed by atoms with Gasteiger partial charge in [0, 0.05) is 16.5 Å². The molecule has 0 N–H and O–H groups in total. The number of ether oxygens (including phenoxy) is 1. The molecule has 202 valence electrons. The molecule has 0 bridgehead atoms. The summed E-state index contributed by atoms with van der Waals surface area (Å²) in [6.07, 6.45) is 28.2. The molecule has 0 aliphatic heterocycles. The Kier molecular flexibility index (Phi) is 20.2. The minimum absolute atomic E-state index is 0.179. The number of rotatable bonds is 22. The molecule has 0 radical (unpaired) electrons. The van der Waals surface area contributed by atoms with Crippen LogP contribution in [0.15, 0.2) is 53.0 Å². The molecule has 1 aromatic carbocycles. The van der Waals surface area contributed by atoms with E-state index in [1.54, 1.807) is 24.3 Å². The van der Waals surface area contributed by atoms with Crippen LogP contribution in [0.4, 0.5) is 0 Å². The minimum atomic E-state index is -0.311. The maximum absolute atomic E-state index is 12.0. The fourth-order valence-corrected chi connectivity index (χ4v) is 4.28. The van der Waals surface area contributed by atoms with Gasteiger partial charge < -0.3 is 4.74 Å². The number of hydrogen-bond donors (Lipinski definition) is 0. The predicted octanol–water partition coefficient (Wildman–Crippen LogP) is 10.2. The van der Waals surface area contributed by atoms with Crippen molar-refractivity contribution in [1.29, 1.82) is 0 Å². The van der Waals surface area contributed by atoms with Crippen LogP contribution in [0.2, 0.25) is 0 Å². The molecule has 0 spiro atoms. The van der Waals surface area contributed by atoms with E-state index in [9.17, 15) is 9.59 Å². The van der Waals surface area contributed by atoms with E-state index in [0.29, 0.717) is 12.0 Å². The SMILES string of the molecule is CC(C)CCCCCCCCCCCC=CCCC=CCCCC(=O)OCC(=O)c1ccc(Br)cc1. The second-order valence-electron chi connectivity index (χ2n) is 10.2. The largest absolute Gasteiger partial charge is 0.457 e. The fraction of sp³-hybridized carbons (Fsp3) is 0.625. The van der Waals surface area contributed by atoms with Gasteiger partial charge in [-0.3, -0.25) is 9.59 Å². The fourth-order valence-electron chi connectivity index (χ4n) is 4.02. The van der Waals surface area contributed by atoms with Gasteiger partial charge in [0.05, 0.1) is 0 Å². The average molecular weight is 562 g/mol. The molecule has 3 nitrogen and oxygen atoms in total. The summed E-state index contributed by atoms with van der Waals surface area (Å²) in [7, 11) is 0. The molecule has 1 aromatic rings. The molecule has 0 saturated heterocycles. The Morgan fingerprint density at radius 1 is 0.722 bits per heavy atom. The zero-order valence-corrected chi connectivity index (χ0v) is 24.4. The van der Waals surface area contributed by atoms with Crippen LogP contribution in [0.3, 0.4) is 0 Å². The molecule has 4 heteroatoms. The molecular formula is C32H49BrO3. The van der Waals surface area contributed by atoms with Crippen LogP contribution in [0.5, 0.6) is 0 Å². The molecule has 36 heavy (non-hydrogen) atoms. The lowest BCUT2D eigenvalue weighted by Crippen LogP contribution is -2.13. The van der Waals surface area contributed by atoms with E-state index in [1.807, 2.05) is 0 Å². The first-order valence-corrected chi connectivity index (χ1v) is 15.0. The van der Waals surface area contributed by atoms with Crippen LogP contribution in [0, 0.1) is 5.92 Å². The highest BCUT2D eigenvalue weighted by atomic mass is 79.9. The highest BCUT2D eigenvalue weighted by molar-refractivity contribution is 9.10. The standard InChI is InChI=1S/C32H49BrO3/c1-28(2)21-19-17-15-13-11-9-7-5-3-4-6-8-10-12-14-16-18-20-22-32(35)36-27-31(34)29-23-25-30(33)26-24-29/h6,8,14,16,23-26,28H,3-5,7,9-13,15,17-22,27H2,1-2H3. The van der Waals surface area contributed by atoms with Crippen LogP contribution in [0.25, 0.3) is 0 Å². The van der Waals surface area contributed by atoms with Crippen molar-refractivity contribution in [2.45, 2.75) is 117 Å². The smallest absolute Gasteiger partial charge is 0.306 e. The molecule has 0 aromatic heterocycles. The van der Waals surface area contributed by atoms with E-state index in [1.165, 1.54) is 70.6 Å². The number of ketones is 1. The lowest BCUT2D eigenvalue weighted by molar-refractivity contribution is -0.142. The Balaban J connectivity index is 1.86. The van der Waals surface area contributed by atoms with Crippen molar-refractivity contribution in [3.63, 3.8) is 0 Å². The first-order valence-electron chi connectivity index (χ1n) is 14.2. The van der Waals surface area contributed by atoms with Gasteiger partial charge in [-0.1, -0.05) is 124 Å². The van der Waals surface area contributed by atoms with Gasteiger partial charge in [-0.05, 0) is 56.6 Å². The van der Waals surface area contributed by atoms with Crippen LogP contribution >= 0.6 is 15.9 Å². The molecule has 0 fully saturated rings. The molecule has 0 heterocycles. The summed E-state index contributed by atoms with van der Waals surface area (Å²) in [6.45, 7) is 4.44. The van der Waals surface area contributed by atoms with Crippen molar-refractivity contribution >= 4 is 27.7 Å². The summed E-state index contributed by atoms with van der Waals surface area (Å²) in [5.74, 6) is 0.371. The van der Waals surface area contributed by atoms with Crippen molar-refractivity contribution in [2.24, 2.45) is 5.92 Å². The third-order valence-electron chi connectivity index (χ3n) is 6.27. The number of Topliss-reactive ketones (excluding diaryl/α,β-unsaturated/α-hetero) is 1. The van der Waals surface area contributed by atoms with E-state index >= 15 is 0 Å². The second-order valence-corrected chi connectivity index (χ2v) is 11.1. The summed E-state index contributed by atoms with van der Waals surface area (Å²) >= 11 is 3.34. The highest BCUT2D eigenvalue weighted by Crippen LogP contribution is 2.14. The number of halogens is 1. The summed E-state index contributed by atoms with van der Waals surface area (Å²) in [6, 6.07) is 7.05. The second kappa shape index (κ2) is 22.5. The van der Waals surface area contributed by atoms with Crippen molar-refractivity contribution in [2.75, 3.05) is 6.61 Å². The lowest BCUT2D eigenvalue weighted by Gasteiger charge is -2.04. The number of esters is 1. The molecule has 0 unspecified atom stereocenters. The quantitative estimate of drug-likeness (QED) is 0.0612. The van der Waals surface area contributed by atoms with Crippen molar-refractivity contribution in [3.8, 4) is 0 Å². The number of carbonyl (C=O) groups is 2. The van der Waals surface area contributed by atoms with Gasteiger partial charge >= 0.3 is 5.97 Å². The maximum atomic E-state index is 12.0. The minimum Gasteiger partial charge on any atom is -0.457 e. The van der Waals surface area contributed by atoms with E-state index in [0.717, 1.165) is 36.1 Å². The van der Waals surface area contributed by atoms with E-state index in [-0.39, 0.29) is 18.4 Å². The van der Waals surface area contributed by atoms with Gasteiger partial charge in [0.2, 0.25) is 0 Å². The summed E-state index contributed by atoms with van der Waals surface area (Å²) in [4.78, 5) is 23.8. The van der Waals surface area contributed by atoms with Crippen LogP contribution in [0.1, 0.15) is 127 Å². The number of benzene rings is 1. The monoisotopic (exact) mass is 560 g/mol. The molecule has 1 rings (SSSR count). The van der Waals surface area contributed by atoms with Crippen LogP contribution in [-0.2, 0) is 9.53 Å². The molecule has 0 aliphatic rings. The molecule has 0 aliphatic carbocycles. The van der Waals surface area contributed by atoms with Gasteiger partial charge in [0.25, 0.3) is 0 Å². The lowest BCUT2D eigenvalue weighted by atomic mass is 10.0.